The molecule has 4 N–H and O–H groups in total. The Morgan fingerprint density at radius 2 is 1.40 bits per heavy atom. The lowest BCUT2D eigenvalue weighted by molar-refractivity contribution is -0.114. The van der Waals surface area contributed by atoms with Crippen molar-refractivity contribution < 1.29 is 29.4 Å². The molecule has 0 radical (unpaired) electrons. The Kier molecular flexibility index (Phi) is 5.13. The van der Waals surface area contributed by atoms with Gasteiger partial charge in [0.1, 0.15) is 0 Å². The first-order chi connectivity index (χ1) is 11.8. The van der Waals surface area contributed by atoms with Gasteiger partial charge in [0, 0.05) is 18.2 Å². The monoisotopic (exact) mass is 342 g/mol. The first kappa shape index (κ1) is 17.7. The molecule has 0 aliphatic rings. The molecule has 0 atom stereocenters. The molecule has 2 aromatic carbocycles. The summed E-state index contributed by atoms with van der Waals surface area (Å²) in [6, 6.07) is 9.16. The molecule has 0 aliphatic carbocycles. The zero-order valence-corrected chi connectivity index (χ0v) is 13.1. The van der Waals surface area contributed by atoms with Crippen molar-refractivity contribution in [3.8, 4) is 0 Å². The van der Waals surface area contributed by atoms with Crippen molar-refractivity contribution in [1.82, 2.24) is 0 Å². The van der Waals surface area contributed by atoms with E-state index in [-0.39, 0.29) is 28.3 Å². The van der Waals surface area contributed by atoms with E-state index in [2.05, 4.69) is 10.6 Å². The molecule has 8 heteroatoms. The van der Waals surface area contributed by atoms with Crippen molar-refractivity contribution in [1.29, 1.82) is 0 Å². The summed E-state index contributed by atoms with van der Waals surface area (Å²) in [4.78, 5) is 45.5. The second kappa shape index (κ2) is 7.26. The Bertz CT molecular complexity index is 858. The van der Waals surface area contributed by atoms with E-state index in [0.717, 1.165) is 0 Å². The van der Waals surface area contributed by atoms with Gasteiger partial charge in [-0.25, -0.2) is 9.59 Å². The van der Waals surface area contributed by atoms with E-state index in [1.54, 1.807) is 0 Å². The summed E-state index contributed by atoms with van der Waals surface area (Å²) in [5.74, 6) is -3.32. The van der Waals surface area contributed by atoms with Crippen LogP contribution in [0.1, 0.15) is 38.0 Å². The molecule has 0 heterocycles. The van der Waals surface area contributed by atoms with Gasteiger partial charge in [0.05, 0.1) is 16.8 Å². The smallest absolute Gasteiger partial charge is 0.337 e. The summed E-state index contributed by atoms with van der Waals surface area (Å²) in [6.45, 7) is 1.30. The number of carboxylic acid groups (broad SMARTS) is 2. The van der Waals surface area contributed by atoms with Crippen LogP contribution in [0.3, 0.4) is 0 Å². The Morgan fingerprint density at radius 1 is 0.800 bits per heavy atom. The van der Waals surface area contributed by atoms with Gasteiger partial charge in [-0.3, -0.25) is 9.59 Å². The first-order valence-corrected chi connectivity index (χ1v) is 7.07. The van der Waals surface area contributed by atoms with Gasteiger partial charge >= 0.3 is 11.9 Å². The highest BCUT2D eigenvalue weighted by Gasteiger charge is 2.15. The van der Waals surface area contributed by atoms with Crippen LogP contribution < -0.4 is 10.6 Å². The van der Waals surface area contributed by atoms with Crippen molar-refractivity contribution in [2.24, 2.45) is 0 Å². The van der Waals surface area contributed by atoms with E-state index >= 15 is 0 Å². The normalized spacial score (nSPS) is 9.96. The highest BCUT2D eigenvalue weighted by molar-refractivity contribution is 6.08. The molecule has 0 spiro atoms. The minimum absolute atomic E-state index is 0.00561. The molecular formula is C17H14N2O6. The number of anilines is 2. The fraction of sp³-hybridized carbons (Fsp3) is 0.0588. The van der Waals surface area contributed by atoms with Crippen LogP contribution in [0, 0.1) is 0 Å². The lowest BCUT2D eigenvalue weighted by Gasteiger charge is -2.11. The van der Waals surface area contributed by atoms with E-state index in [4.69, 9.17) is 5.11 Å². The third-order valence-corrected chi connectivity index (χ3v) is 3.21. The van der Waals surface area contributed by atoms with Crippen molar-refractivity contribution >= 4 is 35.1 Å². The van der Waals surface area contributed by atoms with E-state index < -0.39 is 17.8 Å². The summed E-state index contributed by atoms with van der Waals surface area (Å²) in [5.41, 5.74) is 0.367. The Balaban J connectivity index is 2.30. The van der Waals surface area contributed by atoms with E-state index in [9.17, 15) is 24.3 Å². The molecule has 0 bridgehead atoms. The Labute approximate surface area is 142 Å². The Hall–Kier alpha value is -3.68. The maximum atomic E-state index is 12.3. The number of benzene rings is 2. The van der Waals surface area contributed by atoms with Crippen LogP contribution in [0.15, 0.2) is 42.5 Å². The summed E-state index contributed by atoms with van der Waals surface area (Å²) >= 11 is 0. The molecule has 2 amide bonds. The summed E-state index contributed by atoms with van der Waals surface area (Å²) < 4.78 is 0. The number of carboxylic acids is 2. The summed E-state index contributed by atoms with van der Waals surface area (Å²) in [6.07, 6.45) is 0. The predicted molar refractivity (Wildman–Crippen MR) is 89.1 cm³/mol. The van der Waals surface area contributed by atoms with Gasteiger partial charge in [-0.2, -0.15) is 0 Å². The van der Waals surface area contributed by atoms with Crippen LogP contribution in [0.2, 0.25) is 0 Å². The van der Waals surface area contributed by atoms with Crippen LogP contribution in [0.5, 0.6) is 0 Å². The summed E-state index contributed by atoms with van der Waals surface area (Å²) in [5, 5.41) is 23.0. The molecule has 128 valence electrons. The highest BCUT2D eigenvalue weighted by atomic mass is 16.4. The van der Waals surface area contributed by atoms with Crippen molar-refractivity contribution in [3.63, 3.8) is 0 Å². The minimum atomic E-state index is -1.24. The highest BCUT2D eigenvalue weighted by Crippen LogP contribution is 2.22. The third-order valence-electron chi connectivity index (χ3n) is 3.21. The van der Waals surface area contributed by atoms with Crippen molar-refractivity contribution in [2.45, 2.75) is 6.92 Å². The molecular weight excluding hydrogens is 328 g/mol. The SMILES string of the molecule is CC(=O)Nc1ccc(C(=O)O)c(NC(=O)c2ccc(C(=O)O)cc2)c1. The topological polar surface area (TPSA) is 133 Å². The predicted octanol–water partition coefficient (Wildman–Crippen LogP) is 2.29. The number of carbonyl (C=O) groups excluding carboxylic acids is 2. The fourth-order valence-electron chi connectivity index (χ4n) is 2.07. The number of aromatic carboxylic acids is 2. The molecule has 2 aromatic rings. The molecule has 8 nitrogen and oxygen atoms in total. The average Bonchev–Trinajstić information content (AvgIpc) is 2.54. The van der Waals surface area contributed by atoms with Gasteiger partial charge in [0.25, 0.3) is 5.91 Å². The van der Waals surface area contributed by atoms with Crippen LogP contribution >= 0.6 is 0 Å². The zero-order valence-electron chi connectivity index (χ0n) is 13.1. The van der Waals surface area contributed by atoms with Gasteiger partial charge in [-0.05, 0) is 42.5 Å². The van der Waals surface area contributed by atoms with Gasteiger partial charge in [-0.15, -0.1) is 0 Å². The average molecular weight is 342 g/mol. The molecule has 0 aromatic heterocycles. The molecule has 0 fully saturated rings. The lowest BCUT2D eigenvalue weighted by Crippen LogP contribution is -2.16. The fourth-order valence-corrected chi connectivity index (χ4v) is 2.07. The Morgan fingerprint density at radius 3 is 1.92 bits per heavy atom. The van der Waals surface area contributed by atoms with Crippen LogP contribution in [-0.4, -0.2) is 34.0 Å². The minimum Gasteiger partial charge on any atom is -0.478 e. The lowest BCUT2D eigenvalue weighted by atomic mass is 10.1. The summed E-state index contributed by atoms with van der Waals surface area (Å²) in [7, 11) is 0. The van der Waals surface area contributed by atoms with E-state index in [0.29, 0.717) is 5.69 Å². The quantitative estimate of drug-likeness (QED) is 0.659. The number of amides is 2. The number of hydrogen-bond donors (Lipinski definition) is 4. The van der Waals surface area contributed by atoms with Crippen LogP contribution in [0.4, 0.5) is 11.4 Å². The molecule has 25 heavy (non-hydrogen) atoms. The van der Waals surface area contributed by atoms with Gasteiger partial charge in [0.15, 0.2) is 0 Å². The molecule has 0 saturated carbocycles. The van der Waals surface area contributed by atoms with E-state index in [1.807, 2.05) is 0 Å². The zero-order chi connectivity index (χ0) is 18.6. The first-order valence-electron chi connectivity index (χ1n) is 7.07. The standard InChI is InChI=1S/C17H14N2O6/c1-9(20)18-12-6-7-13(17(24)25)14(8-12)19-15(21)10-2-4-11(5-3-10)16(22)23/h2-8H,1H3,(H,18,20)(H,19,21)(H,22,23)(H,24,25). The third kappa shape index (κ3) is 4.41. The molecule has 0 aliphatic heterocycles. The molecule has 0 saturated heterocycles. The number of carbonyl (C=O) groups is 4. The number of nitrogens with one attached hydrogen (secondary N) is 2. The second-order valence-corrected chi connectivity index (χ2v) is 5.08. The van der Waals surface area contributed by atoms with Crippen LogP contribution in [-0.2, 0) is 4.79 Å². The second-order valence-electron chi connectivity index (χ2n) is 5.08. The van der Waals surface area contributed by atoms with Gasteiger partial charge in [-0.1, -0.05) is 0 Å². The number of hydrogen-bond acceptors (Lipinski definition) is 4. The largest absolute Gasteiger partial charge is 0.478 e. The van der Waals surface area contributed by atoms with Crippen LogP contribution in [0.25, 0.3) is 0 Å². The van der Waals surface area contributed by atoms with Crippen molar-refractivity contribution in [3.05, 3.63) is 59.2 Å². The molecule has 0 unspecified atom stereocenters. The van der Waals surface area contributed by atoms with Gasteiger partial charge in [0.2, 0.25) is 5.91 Å². The maximum Gasteiger partial charge on any atom is 0.337 e. The number of rotatable bonds is 5. The maximum absolute atomic E-state index is 12.3. The molecule has 2 rings (SSSR count). The van der Waals surface area contributed by atoms with E-state index in [1.165, 1.54) is 49.4 Å². The van der Waals surface area contributed by atoms with Gasteiger partial charge < -0.3 is 20.8 Å². The van der Waals surface area contributed by atoms with Crippen molar-refractivity contribution in [2.75, 3.05) is 10.6 Å².